The third-order valence-electron chi connectivity index (χ3n) is 6.20. The van der Waals surface area contributed by atoms with Crippen LogP contribution in [0.15, 0.2) is 42.4 Å². The molecule has 2 aromatic rings. The molecule has 1 aromatic heterocycles. The van der Waals surface area contributed by atoms with E-state index in [-0.39, 0.29) is 34.5 Å². The summed E-state index contributed by atoms with van der Waals surface area (Å²) in [6.45, 7) is 4.55. The van der Waals surface area contributed by atoms with Crippen molar-refractivity contribution in [3.05, 3.63) is 53.8 Å². The Hall–Kier alpha value is -4.26. The molecule has 1 saturated heterocycles. The number of primary amides is 1. The number of halogens is 1. The predicted octanol–water partition coefficient (Wildman–Crippen LogP) is 1.21. The smallest absolute Gasteiger partial charge is 0.353 e. The van der Waals surface area contributed by atoms with Gasteiger partial charge < -0.3 is 15.2 Å². The predicted molar refractivity (Wildman–Crippen MR) is 123 cm³/mol. The first-order valence-electron chi connectivity index (χ1n) is 11.0. The van der Waals surface area contributed by atoms with Crippen LogP contribution >= 0.6 is 0 Å². The highest BCUT2D eigenvalue weighted by Crippen LogP contribution is 2.37. The molecule has 2 fully saturated rings. The number of likely N-dealkylation sites (tertiary alicyclic amines) is 1. The number of allylic oxidation sites excluding steroid dienone is 1. The van der Waals surface area contributed by atoms with Crippen molar-refractivity contribution in [1.82, 2.24) is 19.9 Å². The van der Waals surface area contributed by atoms with Crippen LogP contribution < -0.4 is 11.2 Å². The van der Waals surface area contributed by atoms with Crippen molar-refractivity contribution in [1.29, 1.82) is 5.41 Å². The third-order valence-corrected chi connectivity index (χ3v) is 6.20. The highest BCUT2D eigenvalue weighted by atomic mass is 19.1. The number of benzene rings is 1. The van der Waals surface area contributed by atoms with Gasteiger partial charge in [0, 0.05) is 31.1 Å². The first-order chi connectivity index (χ1) is 16.4. The third kappa shape index (κ3) is 3.85. The lowest BCUT2D eigenvalue weighted by Gasteiger charge is -2.12. The van der Waals surface area contributed by atoms with Crippen molar-refractivity contribution in [2.75, 3.05) is 13.1 Å². The zero-order chi connectivity index (χ0) is 24.0. The molecule has 1 unspecified atom stereocenters. The lowest BCUT2D eigenvalue weighted by atomic mass is 10.1. The molecule has 10 heteroatoms. The van der Waals surface area contributed by atoms with Crippen LogP contribution in [0.2, 0.25) is 0 Å². The second-order valence-corrected chi connectivity index (χ2v) is 8.58. The lowest BCUT2D eigenvalue weighted by molar-refractivity contribution is -0.457. The Kier molecular flexibility index (Phi) is 5.24. The van der Waals surface area contributed by atoms with Crippen molar-refractivity contribution in [3.63, 3.8) is 0 Å². The Morgan fingerprint density at radius 2 is 2.12 bits per heavy atom. The standard InChI is InChI=1S/C24H22FN7O2/c1-2-21(33)30-8-7-14(11-30)12-32-23(26)22(24(27)34)18(29-32)6-3-15-9-19-20(10-17(15)25)31(13-28-19)16-4-5-16/h2,9-10,12-14,16H,1,4-5,7-8,11H2,(H3-,26,27,29,34)/p+1/b32-12+. The summed E-state index contributed by atoms with van der Waals surface area (Å²) >= 11 is 0. The van der Waals surface area contributed by atoms with Crippen LogP contribution in [0, 0.1) is 29.0 Å². The molecule has 9 nitrogen and oxygen atoms in total. The molecule has 1 aliphatic carbocycles. The van der Waals surface area contributed by atoms with Crippen LogP contribution in [0.5, 0.6) is 0 Å². The number of rotatable bonds is 4. The number of fused-ring (bicyclic) bond motifs is 1. The van der Waals surface area contributed by atoms with Gasteiger partial charge in [-0.3, -0.25) is 9.59 Å². The molecule has 3 aliphatic rings. The summed E-state index contributed by atoms with van der Waals surface area (Å²) in [5.41, 5.74) is 9.95. The van der Waals surface area contributed by atoms with Gasteiger partial charge in [0.25, 0.3) is 5.91 Å². The van der Waals surface area contributed by atoms with Gasteiger partial charge in [0.2, 0.25) is 5.91 Å². The van der Waals surface area contributed by atoms with Crippen LogP contribution in [0.4, 0.5) is 4.39 Å². The molecule has 1 aromatic carbocycles. The molecule has 4 N–H and O–H groups in total. The maximum Gasteiger partial charge on any atom is 0.353 e. The number of imidazole rings is 1. The van der Waals surface area contributed by atoms with E-state index in [2.05, 4.69) is 28.8 Å². The average Bonchev–Trinajstić information content (AvgIpc) is 3.27. The molecule has 34 heavy (non-hydrogen) atoms. The Balaban J connectivity index is 1.41. The number of hydrazone groups is 1. The molecule has 2 aliphatic heterocycles. The molecule has 0 bridgehead atoms. The summed E-state index contributed by atoms with van der Waals surface area (Å²) in [5, 5.41) is 8.36. The van der Waals surface area contributed by atoms with Crippen molar-refractivity contribution in [2.24, 2.45) is 11.7 Å². The fraction of sp³-hybridized carbons (Fsp3) is 0.292. The monoisotopic (exact) mass is 460 g/mol. The van der Waals surface area contributed by atoms with E-state index in [0.29, 0.717) is 31.1 Å². The van der Waals surface area contributed by atoms with E-state index >= 15 is 0 Å². The van der Waals surface area contributed by atoms with E-state index in [1.54, 1.807) is 23.5 Å². The fourth-order valence-electron chi connectivity index (χ4n) is 4.28. The van der Waals surface area contributed by atoms with Gasteiger partial charge in [0.05, 0.1) is 22.9 Å². The molecule has 5 rings (SSSR count). The number of amides is 2. The zero-order valence-corrected chi connectivity index (χ0v) is 18.3. The van der Waals surface area contributed by atoms with Gasteiger partial charge in [-0.05, 0) is 37.3 Å². The van der Waals surface area contributed by atoms with Crippen LogP contribution in [0.3, 0.4) is 0 Å². The van der Waals surface area contributed by atoms with Gasteiger partial charge in [-0.25, -0.2) is 14.8 Å². The van der Waals surface area contributed by atoms with E-state index in [9.17, 15) is 14.0 Å². The van der Waals surface area contributed by atoms with Crippen LogP contribution in [-0.4, -0.2) is 56.1 Å². The molecule has 2 amide bonds. The number of hydrogen-bond acceptors (Lipinski definition) is 5. The van der Waals surface area contributed by atoms with Gasteiger partial charge >= 0.3 is 5.84 Å². The number of amidine groups is 1. The van der Waals surface area contributed by atoms with Crippen LogP contribution in [-0.2, 0) is 9.59 Å². The van der Waals surface area contributed by atoms with E-state index in [1.165, 1.54) is 16.8 Å². The van der Waals surface area contributed by atoms with Gasteiger partial charge in [-0.1, -0.05) is 17.9 Å². The normalized spacial score (nSPS) is 21.1. The lowest BCUT2D eigenvalue weighted by Crippen LogP contribution is -2.32. The first-order valence-corrected chi connectivity index (χ1v) is 11.0. The van der Waals surface area contributed by atoms with Gasteiger partial charge in [-0.2, -0.15) is 0 Å². The number of hydrogen-bond donors (Lipinski definition) is 3. The quantitative estimate of drug-likeness (QED) is 0.361. The molecule has 0 radical (unpaired) electrons. The number of nitrogens with two attached hydrogens (primary N) is 1. The maximum atomic E-state index is 14.8. The van der Waals surface area contributed by atoms with E-state index < -0.39 is 11.7 Å². The second kappa shape index (κ2) is 8.26. The number of aromatic nitrogens is 2. The molecule has 1 saturated carbocycles. The van der Waals surface area contributed by atoms with Crippen molar-refractivity contribution in [3.8, 4) is 11.8 Å². The largest absolute Gasteiger partial charge is 0.365 e. The Labute approximate surface area is 194 Å². The molecule has 1 atom stereocenters. The fourth-order valence-corrected chi connectivity index (χ4v) is 4.28. The molecular weight excluding hydrogens is 437 g/mol. The van der Waals surface area contributed by atoms with Crippen molar-refractivity contribution >= 4 is 34.9 Å². The number of hydrazine groups is 1. The highest BCUT2D eigenvalue weighted by Gasteiger charge is 2.36. The summed E-state index contributed by atoms with van der Waals surface area (Å²) in [5.74, 6) is 3.88. The summed E-state index contributed by atoms with van der Waals surface area (Å²) in [7, 11) is 0. The van der Waals surface area contributed by atoms with Gasteiger partial charge in [0.1, 0.15) is 17.7 Å². The van der Waals surface area contributed by atoms with Gasteiger partial charge in [0.15, 0.2) is 5.57 Å². The number of carbonyl (C=O) groups excluding carboxylic acids is 2. The number of carbonyl (C=O) groups is 2. The van der Waals surface area contributed by atoms with Gasteiger partial charge in [-0.15, -0.1) is 4.68 Å². The summed E-state index contributed by atoms with van der Waals surface area (Å²) in [4.78, 5) is 29.9. The van der Waals surface area contributed by atoms with Crippen molar-refractivity contribution < 1.29 is 18.7 Å². The van der Waals surface area contributed by atoms with Crippen LogP contribution in [0.25, 0.3) is 11.0 Å². The molecular formula is C24H23FN7O2+. The molecule has 0 spiro atoms. The topological polar surface area (TPSA) is 120 Å². The van der Waals surface area contributed by atoms with E-state index in [4.69, 9.17) is 11.1 Å². The second-order valence-electron chi connectivity index (χ2n) is 8.58. The minimum atomic E-state index is -0.813. The van der Waals surface area contributed by atoms with E-state index in [1.807, 2.05) is 4.57 Å². The minimum absolute atomic E-state index is 0.0281. The van der Waals surface area contributed by atoms with E-state index in [0.717, 1.165) is 18.4 Å². The summed E-state index contributed by atoms with van der Waals surface area (Å²) < 4.78 is 18.1. The first kappa shape index (κ1) is 21.6. The Morgan fingerprint density at radius 3 is 2.82 bits per heavy atom. The highest BCUT2D eigenvalue weighted by molar-refractivity contribution is 6.18. The summed E-state index contributed by atoms with van der Waals surface area (Å²) in [6.07, 6.45) is 7.55. The average molecular weight is 460 g/mol. The zero-order valence-electron chi connectivity index (χ0n) is 18.3. The Bertz CT molecular complexity index is 1390. The molecule has 3 heterocycles. The van der Waals surface area contributed by atoms with Crippen LogP contribution in [0.1, 0.15) is 30.9 Å². The molecule has 172 valence electrons. The number of nitrogens with zero attached hydrogens (tertiary/aromatic N) is 4. The summed E-state index contributed by atoms with van der Waals surface area (Å²) in [6, 6.07) is 3.38. The minimum Gasteiger partial charge on any atom is -0.365 e. The van der Waals surface area contributed by atoms with Crippen molar-refractivity contribution in [2.45, 2.75) is 25.3 Å². The SMILES string of the molecule is C=CC(=O)N1CCC(/C=[N+]2/NC(C#Cc3cc4ncn(C5CC5)c4cc3F)=C(C(N)=O)C2=N)C1. The number of nitrogens with one attached hydrogen (secondary N) is 2. The Morgan fingerprint density at radius 1 is 1.32 bits per heavy atom. The maximum absolute atomic E-state index is 14.8.